The zero-order valence-electron chi connectivity index (χ0n) is 11.0. The molecule has 0 aliphatic heterocycles. The number of aromatic nitrogens is 7. The maximum atomic E-state index is 5.76. The fraction of sp³-hybridized carbons (Fsp3) is 0.250. The maximum Gasteiger partial charge on any atom is 0.178 e. The van der Waals surface area contributed by atoms with E-state index >= 15 is 0 Å². The van der Waals surface area contributed by atoms with Crippen LogP contribution in [0.4, 0.5) is 0 Å². The highest BCUT2D eigenvalue weighted by Crippen LogP contribution is 2.09. The van der Waals surface area contributed by atoms with Crippen LogP contribution in [0.5, 0.6) is 0 Å². The summed E-state index contributed by atoms with van der Waals surface area (Å²) < 4.78 is 3.34. The van der Waals surface area contributed by atoms with E-state index in [9.17, 15) is 0 Å². The molecular weight excluding hydrogens is 256 g/mol. The lowest BCUT2D eigenvalue weighted by atomic mass is 10.3. The van der Waals surface area contributed by atoms with E-state index < -0.39 is 0 Å². The Morgan fingerprint density at radius 1 is 1.15 bits per heavy atom. The number of para-hydroxylation sites is 1. The topological polar surface area (TPSA) is 100 Å². The molecular formula is C12H14N8. The Labute approximate surface area is 115 Å². The molecule has 0 fully saturated rings. The number of hydrogen-bond donors (Lipinski definition) is 1. The predicted octanol–water partition coefficient (Wildman–Crippen LogP) is 0.322. The van der Waals surface area contributed by atoms with Gasteiger partial charge in [0.05, 0.1) is 17.6 Å². The van der Waals surface area contributed by atoms with Gasteiger partial charge in [0.1, 0.15) is 6.54 Å². The average Bonchev–Trinajstić information content (AvgIpc) is 3.09. The van der Waals surface area contributed by atoms with Crippen molar-refractivity contribution in [2.75, 3.05) is 0 Å². The normalized spacial score (nSPS) is 12.5. The van der Waals surface area contributed by atoms with E-state index in [0.29, 0.717) is 12.4 Å². The van der Waals surface area contributed by atoms with Gasteiger partial charge in [-0.15, -0.1) is 10.2 Å². The summed E-state index contributed by atoms with van der Waals surface area (Å²) in [5, 5.41) is 19.8. The van der Waals surface area contributed by atoms with Crippen LogP contribution in [-0.2, 0) is 6.54 Å². The van der Waals surface area contributed by atoms with Gasteiger partial charge in [-0.1, -0.05) is 23.4 Å². The van der Waals surface area contributed by atoms with Gasteiger partial charge in [0.15, 0.2) is 5.82 Å². The molecule has 8 nitrogen and oxygen atoms in total. The summed E-state index contributed by atoms with van der Waals surface area (Å²) >= 11 is 0. The van der Waals surface area contributed by atoms with Gasteiger partial charge in [0.25, 0.3) is 0 Å². The lowest BCUT2D eigenvalue weighted by Crippen LogP contribution is -2.09. The summed E-state index contributed by atoms with van der Waals surface area (Å²) in [4.78, 5) is 0. The van der Waals surface area contributed by atoms with Gasteiger partial charge in [-0.05, 0) is 29.5 Å². The molecule has 0 radical (unpaired) electrons. The quantitative estimate of drug-likeness (QED) is 0.732. The minimum Gasteiger partial charge on any atom is -0.323 e. The van der Waals surface area contributed by atoms with Crippen molar-refractivity contribution in [1.29, 1.82) is 0 Å². The molecule has 0 aliphatic carbocycles. The maximum absolute atomic E-state index is 5.76. The van der Waals surface area contributed by atoms with E-state index in [-0.39, 0.29) is 6.04 Å². The molecule has 1 unspecified atom stereocenters. The summed E-state index contributed by atoms with van der Waals surface area (Å²) in [6.07, 6.45) is 1.80. The van der Waals surface area contributed by atoms with Crippen LogP contribution in [0, 0.1) is 0 Å². The zero-order chi connectivity index (χ0) is 13.9. The smallest absolute Gasteiger partial charge is 0.178 e. The zero-order valence-corrected chi connectivity index (χ0v) is 11.0. The predicted molar refractivity (Wildman–Crippen MR) is 70.9 cm³/mol. The first-order chi connectivity index (χ1) is 9.74. The largest absolute Gasteiger partial charge is 0.323 e. The van der Waals surface area contributed by atoms with Crippen molar-refractivity contribution in [2.24, 2.45) is 5.73 Å². The number of hydrogen-bond acceptors (Lipinski definition) is 6. The van der Waals surface area contributed by atoms with Gasteiger partial charge in [-0.3, -0.25) is 0 Å². The number of benzene rings is 1. The van der Waals surface area contributed by atoms with Crippen LogP contribution in [0.1, 0.15) is 24.5 Å². The molecule has 0 bridgehead atoms. The molecule has 0 saturated heterocycles. The van der Waals surface area contributed by atoms with Crippen molar-refractivity contribution < 1.29 is 0 Å². The van der Waals surface area contributed by atoms with Crippen LogP contribution in [-0.4, -0.2) is 35.2 Å². The molecule has 8 heteroatoms. The third-order valence-corrected chi connectivity index (χ3v) is 2.86. The lowest BCUT2D eigenvalue weighted by Gasteiger charge is -2.03. The molecule has 102 valence electrons. The highest BCUT2D eigenvalue weighted by atomic mass is 15.6. The Morgan fingerprint density at radius 3 is 2.65 bits per heavy atom. The van der Waals surface area contributed by atoms with Gasteiger partial charge in [-0.2, -0.15) is 4.68 Å². The Morgan fingerprint density at radius 2 is 1.95 bits per heavy atom. The van der Waals surface area contributed by atoms with Gasteiger partial charge < -0.3 is 5.73 Å². The number of tetrazole rings is 1. The third-order valence-electron chi connectivity index (χ3n) is 2.86. The van der Waals surface area contributed by atoms with E-state index in [1.807, 2.05) is 37.3 Å². The van der Waals surface area contributed by atoms with Crippen molar-refractivity contribution in [3.8, 4) is 5.69 Å². The minimum atomic E-state index is -0.145. The highest BCUT2D eigenvalue weighted by molar-refractivity contribution is 5.30. The fourth-order valence-electron chi connectivity index (χ4n) is 1.82. The molecule has 3 aromatic rings. The van der Waals surface area contributed by atoms with E-state index in [2.05, 4.69) is 25.8 Å². The molecule has 2 N–H and O–H groups in total. The van der Waals surface area contributed by atoms with E-state index in [1.54, 1.807) is 15.6 Å². The molecule has 2 heterocycles. The van der Waals surface area contributed by atoms with Crippen LogP contribution in [0.2, 0.25) is 0 Å². The number of rotatable bonds is 4. The van der Waals surface area contributed by atoms with Crippen LogP contribution in [0.15, 0.2) is 36.5 Å². The molecule has 3 rings (SSSR count). The van der Waals surface area contributed by atoms with Crippen LogP contribution < -0.4 is 5.73 Å². The van der Waals surface area contributed by atoms with E-state index in [1.165, 1.54) is 0 Å². The first-order valence-electron chi connectivity index (χ1n) is 6.22. The SMILES string of the molecule is CC(N)c1cn(Cc2nnnn2-c2ccccc2)nn1. The summed E-state index contributed by atoms with van der Waals surface area (Å²) in [6.45, 7) is 2.30. The molecule has 1 aromatic carbocycles. The third kappa shape index (κ3) is 2.41. The van der Waals surface area contributed by atoms with Crippen LogP contribution in [0.25, 0.3) is 5.69 Å². The second-order valence-electron chi connectivity index (χ2n) is 4.47. The van der Waals surface area contributed by atoms with Gasteiger partial charge in [0.2, 0.25) is 0 Å². The van der Waals surface area contributed by atoms with Gasteiger partial charge >= 0.3 is 0 Å². The van der Waals surface area contributed by atoms with Crippen molar-refractivity contribution in [1.82, 2.24) is 35.2 Å². The molecule has 0 amide bonds. The molecule has 20 heavy (non-hydrogen) atoms. The Kier molecular flexibility index (Phi) is 3.21. The fourth-order valence-corrected chi connectivity index (χ4v) is 1.82. The molecule has 0 aliphatic rings. The lowest BCUT2D eigenvalue weighted by molar-refractivity contribution is 0.609. The van der Waals surface area contributed by atoms with E-state index in [0.717, 1.165) is 11.4 Å². The van der Waals surface area contributed by atoms with Crippen molar-refractivity contribution in [2.45, 2.75) is 19.5 Å². The minimum absolute atomic E-state index is 0.145. The van der Waals surface area contributed by atoms with Gasteiger partial charge in [0, 0.05) is 6.04 Å². The summed E-state index contributed by atoms with van der Waals surface area (Å²) in [7, 11) is 0. The summed E-state index contributed by atoms with van der Waals surface area (Å²) in [5.41, 5.74) is 7.40. The highest BCUT2D eigenvalue weighted by Gasteiger charge is 2.11. The Balaban J connectivity index is 1.87. The second-order valence-corrected chi connectivity index (χ2v) is 4.47. The molecule has 2 aromatic heterocycles. The average molecular weight is 270 g/mol. The Bertz CT molecular complexity index is 684. The van der Waals surface area contributed by atoms with E-state index in [4.69, 9.17) is 5.73 Å². The van der Waals surface area contributed by atoms with Crippen LogP contribution in [0.3, 0.4) is 0 Å². The Hall–Kier alpha value is -2.61. The first kappa shape index (κ1) is 12.4. The first-order valence-corrected chi connectivity index (χ1v) is 6.22. The van der Waals surface area contributed by atoms with Gasteiger partial charge in [-0.25, -0.2) is 4.68 Å². The van der Waals surface area contributed by atoms with Crippen LogP contribution >= 0.6 is 0 Å². The summed E-state index contributed by atoms with van der Waals surface area (Å²) in [6, 6.07) is 9.55. The monoisotopic (exact) mass is 270 g/mol. The molecule has 0 saturated carbocycles. The molecule has 1 atom stereocenters. The van der Waals surface area contributed by atoms with Crippen molar-refractivity contribution in [3.05, 3.63) is 48.0 Å². The number of nitrogens with two attached hydrogens (primary N) is 1. The van der Waals surface area contributed by atoms with Crippen molar-refractivity contribution in [3.63, 3.8) is 0 Å². The standard InChI is InChI=1S/C12H14N8/c1-9(13)11-7-19(17-14-11)8-12-15-16-18-20(12)10-5-3-2-4-6-10/h2-7,9H,8,13H2,1H3. The summed E-state index contributed by atoms with van der Waals surface area (Å²) in [5.74, 6) is 0.678. The molecule has 0 spiro atoms. The second kappa shape index (κ2) is 5.17. The number of nitrogens with zero attached hydrogens (tertiary/aromatic N) is 7. The van der Waals surface area contributed by atoms with Crippen molar-refractivity contribution >= 4 is 0 Å².